The number of aliphatic carboxylic acids is 1. The Morgan fingerprint density at radius 2 is 1.77 bits per heavy atom. The zero-order valence-corrected chi connectivity index (χ0v) is 24.1. The van der Waals surface area contributed by atoms with E-state index in [1.165, 1.54) is 5.56 Å². The van der Waals surface area contributed by atoms with Gasteiger partial charge in [-0.1, -0.05) is 38.1 Å². The molecule has 234 valence electrons. The predicted molar refractivity (Wildman–Crippen MR) is 147 cm³/mol. The number of hydrogen-bond acceptors (Lipinski definition) is 6. The fourth-order valence-electron chi connectivity index (χ4n) is 5.95. The van der Waals surface area contributed by atoms with Crippen molar-refractivity contribution in [3.8, 4) is 5.75 Å². The molecule has 8 nitrogen and oxygen atoms in total. The van der Waals surface area contributed by atoms with Gasteiger partial charge in [0.15, 0.2) is 23.2 Å². The highest BCUT2D eigenvalue weighted by molar-refractivity contribution is 5.94. The van der Waals surface area contributed by atoms with Crippen LogP contribution in [0.2, 0.25) is 0 Å². The normalized spacial score (nSPS) is 21.5. The van der Waals surface area contributed by atoms with E-state index in [-0.39, 0.29) is 17.9 Å². The third-order valence-electron chi connectivity index (χ3n) is 8.10. The van der Waals surface area contributed by atoms with Crippen LogP contribution in [0, 0.1) is 29.2 Å². The number of rotatable bonds is 12. The Morgan fingerprint density at radius 3 is 2.40 bits per heavy atom. The second kappa shape index (κ2) is 13.9. The largest absolute Gasteiger partial charge is 0.481 e. The zero-order valence-electron chi connectivity index (χ0n) is 24.1. The Bertz CT molecular complexity index is 1320. The molecule has 1 aliphatic heterocycles. The minimum Gasteiger partial charge on any atom is -0.481 e. The molecule has 2 aromatic carbocycles. The summed E-state index contributed by atoms with van der Waals surface area (Å²) < 4.78 is 66.3. The minimum absolute atomic E-state index is 0.0133. The molecule has 0 radical (unpaired) electrons. The molecule has 0 aromatic heterocycles. The zero-order chi connectivity index (χ0) is 31.3. The molecule has 2 aliphatic rings. The number of carboxylic acid groups (broad SMARTS) is 1. The predicted octanol–water partition coefficient (Wildman–Crippen LogP) is 4.78. The van der Waals surface area contributed by atoms with Gasteiger partial charge in [0.2, 0.25) is 17.5 Å². The van der Waals surface area contributed by atoms with E-state index in [1.807, 2.05) is 12.1 Å². The summed E-state index contributed by atoms with van der Waals surface area (Å²) in [5.41, 5.74) is 1.49. The number of aryl methyl sites for hydroxylation is 1. The van der Waals surface area contributed by atoms with E-state index in [4.69, 9.17) is 9.47 Å². The lowest BCUT2D eigenvalue weighted by Gasteiger charge is -2.48. The smallest absolute Gasteiger partial charge is 0.305 e. The molecule has 1 fully saturated rings. The van der Waals surface area contributed by atoms with Gasteiger partial charge in [0.05, 0.1) is 12.5 Å². The van der Waals surface area contributed by atoms with Gasteiger partial charge in [-0.25, -0.2) is 8.78 Å². The van der Waals surface area contributed by atoms with Crippen molar-refractivity contribution in [1.29, 1.82) is 0 Å². The van der Waals surface area contributed by atoms with Gasteiger partial charge in [-0.3, -0.25) is 19.7 Å². The standard InChI is InChI=1S/C31H36F4N2O6/c1-17(2)28(37-31(12-5-6-13-43-31)20-11-7-9-18-8-3-4-10-19(18)20)30(41)36-23(15-25(39)40)24(38)16-42-29-26(34)21(32)14-22(33)27(29)35/h3-4,8,10,14,17,20,23,28,37H,5-7,9,11-13,15-16H2,1-2H3,(H,36,41)(H,39,40)/t20?,23-,28-,31?/m0/s1. The van der Waals surface area contributed by atoms with Crippen LogP contribution in [0.5, 0.6) is 5.75 Å². The molecule has 2 aromatic rings. The first kappa shape index (κ1) is 32.4. The highest BCUT2D eigenvalue weighted by Crippen LogP contribution is 2.44. The second-order valence-electron chi connectivity index (χ2n) is 11.4. The van der Waals surface area contributed by atoms with Crippen LogP contribution in [0.15, 0.2) is 30.3 Å². The molecule has 2 unspecified atom stereocenters. The summed E-state index contributed by atoms with van der Waals surface area (Å²) in [5, 5.41) is 15.3. The maximum absolute atomic E-state index is 14.0. The number of fused-ring (bicyclic) bond motifs is 1. The SMILES string of the molecule is CC(C)[C@H](NC1(C2CCCc3ccccc32)CCCCO1)C(=O)N[C@@H](CC(=O)O)C(=O)COc1c(F)c(F)cc(F)c1F. The number of ketones is 1. The van der Waals surface area contributed by atoms with E-state index in [0.29, 0.717) is 13.0 Å². The number of halogens is 4. The van der Waals surface area contributed by atoms with Crippen molar-refractivity contribution in [2.24, 2.45) is 5.92 Å². The van der Waals surface area contributed by atoms with E-state index in [0.717, 1.165) is 37.7 Å². The summed E-state index contributed by atoms with van der Waals surface area (Å²) in [6, 6.07) is 5.54. The first-order valence-electron chi connectivity index (χ1n) is 14.4. The lowest BCUT2D eigenvalue weighted by atomic mass is 9.74. The molecule has 0 saturated carbocycles. The van der Waals surface area contributed by atoms with Crippen molar-refractivity contribution in [1.82, 2.24) is 10.6 Å². The van der Waals surface area contributed by atoms with Crippen LogP contribution < -0.4 is 15.4 Å². The molecule has 4 atom stereocenters. The van der Waals surface area contributed by atoms with Crippen LogP contribution >= 0.6 is 0 Å². The van der Waals surface area contributed by atoms with Crippen LogP contribution in [-0.2, 0) is 25.5 Å². The summed E-state index contributed by atoms with van der Waals surface area (Å²) in [5.74, 6) is -12.2. The Balaban J connectivity index is 1.54. The molecule has 12 heteroatoms. The Morgan fingerprint density at radius 1 is 1.07 bits per heavy atom. The Labute approximate surface area is 247 Å². The summed E-state index contributed by atoms with van der Waals surface area (Å²) in [6.07, 6.45) is 4.22. The Kier molecular flexibility index (Phi) is 10.4. The fourth-order valence-corrected chi connectivity index (χ4v) is 5.95. The molecule has 1 heterocycles. The monoisotopic (exact) mass is 608 g/mol. The maximum atomic E-state index is 14.0. The number of benzene rings is 2. The van der Waals surface area contributed by atoms with Crippen molar-refractivity contribution >= 4 is 17.7 Å². The quantitative estimate of drug-likeness (QED) is 0.235. The fraction of sp³-hybridized carbons (Fsp3) is 0.516. The second-order valence-corrected chi connectivity index (χ2v) is 11.4. The summed E-state index contributed by atoms with van der Waals surface area (Å²) in [4.78, 5) is 38.2. The maximum Gasteiger partial charge on any atom is 0.305 e. The van der Waals surface area contributed by atoms with Gasteiger partial charge < -0.3 is 19.9 Å². The molecule has 3 N–H and O–H groups in total. The van der Waals surface area contributed by atoms with E-state index in [9.17, 15) is 37.1 Å². The van der Waals surface area contributed by atoms with Crippen molar-refractivity contribution in [2.45, 2.75) is 82.5 Å². The Hall–Kier alpha value is -3.51. The number of carbonyl (C=O) groups is 3. The van der Waals surface area contributed by atoms with E-state index < -0.39 is 77.5 Å². The molecule has 1 amide bonds. The lowest BCUT2D eigenvalue weighted by Crippen LogP contribution is -2.63. The number of ether oxygens (including phenoxy) is 2. The number of amides is 1. The third kappa shape index (κ3) is 7.35. The number of nitrogens with one attached hydrogen (secondary N) is 2. The lowest BCUT2D eigenvalue weighted by molar-refractivity contribution is -0.146. The molecule has 4 rings (SSSR count). The number of carbonyl (C=O) groups excluding carboxylic acids is 2. The topological polar surface area (TPSA) is 114 Å². The van der Waals surface area contributed by atoms with Gasteiger partial charge in [-0.05, 0) is 55.6 Å². The van der Waals surface area contributed by atoms with Gasteiger partial charge in [-0.2, -0.15) is 8.78 Å². The van der Waals surface area contributed by atoms with Crippen LogP contribution in [0.3, 0.4) is 0 Å². The summed E-state index contributed by atoms with van der Waals surface area (Å²) in [6.45, 7) is 2.93. The molecule has 1 aliphatic carbocycles. The highest BCUT2D eigenvalue weighted by Gasteiger charge is 2.46. The number of carboxylic acids is 1. The van der Waals surface area contributed by atoms with Gasteiger partial charge >= 0.3 is 5.97 Å². The van der Waals surface area contributed by atoms with Crippen molar-refractivity contribution < 1.29 is 46.5 Å². The average molecular weight is 609 g/mol. The summed E-state index contributed by atoms with van der Waals surface area (Å²) in [7, 11) is 0. The van der Waals surface area contributed by atoms with Crippen LogP contribution in [0.1, 0.15) is 69.4 Å². The van der Waals surface area contributed by atoms with Crippen molar-refractivity contribution in [3.05, 3.63) is 64.7 Å². The van der Waals surface area contributed by atoms with Crippen LogP contribution in [0.4, 0.5) is 17.6 Å². The first-order valence-corrected chi connectivity index (χ1v) is 14.4. The number of Topliss-reactive ketones (excluding diaryl/α,β-unsaturated/α-hetero) is 1. The van der Waals surface area contributed by atoms with Crippen molar-refractivity contribution in [3.63, 3.8) is 0 Å². The molecule has 0 spiro atoms. The first-order chi connectivity index (χ1) is 20.4. The van der Waals surface area contributed by atoms with Crippen LogP contribution in [0.25, 0.3) is 0 Å². The third-order valence-corrected chi connectivity index (χ3v) is 8.10. The van der Waals surface area contributed by atoms with Gasteiger partial charge in [-0.15, -0.1) is 0 Å². The van der Waals surface area contributed by atoms with Gasteiger partial charge in [0, 0.05) is 18.6 Å². The highest BCUT2D eigenvalue weighted by atomic mass is 19.2. The van der Waals surface area contributed by atoms with E-state index in [2.05, 4.69) is 22.8 Å². The van der Waals surface area contributed by atoms with Crippen molar-refractivity contribution in [2.75, 3.05) is 13.2 Å². The summed E-state index contributed by atoms with van der Waals surface area (Å²) >= 11 is 0. The van der Waals surface area contributed by atoms with Gasteiger partial charge in [0.25, 0.3) is 0 Å². The minimum atomic E-state index is -1.85. The van der Waals surface area contributed by atoms with E-state index >= 15 is 0 Å². The molecular weight excluding hydrogens is 572 g/mol. The number of hydrogen-bond donors (Lipinski definition) is 3. The molecule has 0 bridgehead atoms. The molecule has 1 saturated heterocycles. The molecule has 43 heavy (non-hydrogen) atoms. The average Bonchev–Trinajstić information content (AvgIpc) is 2.98. The van der Waals surface area contributed by atoms with Gasteiger partial charge in [0.1, 0.15) is 18.4 Å². The van der Waals surface area contributed by atoms with E-state index in [1.54, 1.807) is 13.8 Å². The van der Waals surface area contributed by atoms with Crippen LogP contribution in [-0.4, -0.2) is 53.8 Å². The molecular formula is C31H36F4N2O6.